The van der Waals surface area contributed by atoms with Crippen LogP contribution in [0.15, 0.2) is 59.8 Å². The monoisotopic (exact) mass is 452 g/mol. The summed E-state index contributed by atoms with van der Waals surface area (Å²) in [7, 11) is 1.56. The highest BCUT2D eigenvalue weighted by molar-refractivity contribution is 5.95. The minimum atomic E-state index is -0.658. The van der Waals surface area contributed by atoms with Gasteiger partial charge in [0, 0.05) is 5.70 Å². The lowest BCUT2D eigenvalue weighted by Crippen LogP contribution is -2.46. The number of methoxy groups -OCH3 is 1. The van der Waals surface area contributed by atoms with E-state index in [1.54, 1.807) is 33.1 Å². The van der Waals surface area contributed by atoms with E-state index in [-0.39, 0.29) is 12.1 Å². The van der Waals surface area contributed by atoms with Gasteiger partial charge in [0.15, 0.2) is 11.5 Å². The maximum absolute atomic E-state index is 13.0. The first-order chi connectivity index (χ1) is 15.9. The van der Waals surface area contributed by atoms with Crippen LogP contribution in [-0.2, 0) is 16.1 Å². The van der Waals surface area contributed by atoms with Crippen LogP contribution in [0.4, 0.5) is 4.79 Å². The van der Waals surface area contributed by atoms with Gasteiger partial charge in [0.2, 0.25) is 0 Å². The number of benzene rings is 2. The summed E-state index contributed by atoms with van der Waals surface area (Å²) in [6, 6.07) is 14.2. The fourth-order valence-corrected chi connectivity index (χ4v) is 3.66. The van der Waals surface area contributed by atoms with Crippen LogP contribution in [0.1, 0.15) is 57.2 Å². The van der Waals surface area contributed by atoms with Gasteiger partial charge < -0.3 is 24.8 Å². The Kier molecular flexibility index (Phi) is 8.35. The summed E-state index contributed by atoms with van der Waals surface area (Å²) >= 11 is 0. The van der Waals surface area contributed by atoms with Crippen molar-refractivity contribution in [2.75, 3.05) is 7.11 Å². The van der Waals surface area contributed by atoms with Crippen molar-refractivity contribution in [1.82, 2.24) is 10.6 Å². The van der Waals surface area contributed by atoms with E-state index in [1.165, 1.54) is 0 Å². The number of hydrogen-bond acceptors (Lipinski definition) is 5. The smallest absolute Gasteiger partial charge is 0.338 e. The number of esters is 1. The topological polar surface area (TPSA) is 85.9 Å². The average Bonchev–Trinajstić information content (AvgIpc) is 2.81. The first-order valence-corrected chi connectivity index (χ1v) is 11.3. The Bertz CT molecular complexity index is 1000. The molecule has 7 nitrogen and oxygen atoms in total. The molecule has 7 heteroatoms. The molecule has 0 bridgehead atoms. The lowest BCUT2D eigenvalue weighted by atomic mass is 9.93. The van der Waals surface area contributed by atoms with Gasteiger partial charge >= 0.3 is 12.0 Å². The Balaban J connectivity index is 1.93. The van der Waals surface area contributed by atoms with Crippen molar-refractivity contribution in [1.29, 1.82) is 0 Å². The molecule has 0 saturated heterocycles. The van der Waals surface area contributed by atoms with Crippen LogP contribution in [-0.4, -0.2) is 25.2 Å². The van der Waals surface area contributed by atoms with E-state index in [0.29, 0.717) is 41.4 Å². The van der Waals surface area contributed by atoms with Crippen LogP contribution in [0, 0.1) is 0 Å². The molecule has 2 aromatic rings. The van der Waals surface area contributed by atoms with Crippen LogP contribution < -0.4 is 20.1 Å². The maximum Gasteiger partial charge on any atom is 0.338 e. The number of allylic oxidation sites excluding steroid dienone is 1. The molecule has 0 fully saturated rings. The quantitative estimate of drug-likeness (QED) is 0.494. The van der Waals surface area contributed by atoms with Gasteiger partial charge in [-0.2, -0.15) is 0 Å². The number of ether oxygens (including phenoxy) is 3. The molecular weight excluding hydrogens is 420 g/mol. The van der Waals surface area contributed by atoms with Crippen LogP contribution in [0.25, 0.3) is 0 Å². The summed E-state index contributed by atoms with van der Waals surface area (Å²) in [4.78, 5) is 25.5. The number of carbonyl (C=O) groups is 2. The zero-order chi connectivity index (χ0) is 23.8. The van der Waals surface area contributed by atoms with Crippen LogP contribution >= 0.6 is 0 Å². The van der Waals surface area contributed by atoms with E-state index in [2.05, 4.69) is 17.6 Å². The zero-order valence-corrected chi connectivity index (χ0v) is 19.6. The number of hydrogen-bond donors (Lipinski definition) is 2. The lowest BCUT2D eigenvalue weighted by molar-refractivity contribution is -0.143. The fourth-order valence-electron chi connectivity index (χ4n) is 3.66. The molecule has 1 aliphatic heterocycles. The molecule has 0 spiro atoms. The highest BCUT2D eigenvalue weighted by atomic mass is 16.5. The number of urea groups is 1. The summed E-state index contributed by atoms with van der Waals surface area (Å²) in [5, 5.41) is 5.67. The molecule has 1 unspecified atom stereocenters. The Morgan fingerprint density at radius 3 is 2.52 bits per heavy atom. The lowest BCUT2D eigenvalue weighted by Gasteiger charge is -2.30. The van der Waals surface area contributed by atoms with E-state index in [9.17, 15) is 9.59 Å². The van der Waals surface area contributed by atoms with Crippen molar-refractivity contribution in [2.45, 2.75) is 58.8 Å². The Hall–Kier alpha value is -3.48. The van der Waals surface area contributed by atoms with E-state index >= 15 is 0 Å². The molecule has 2 amide bonds. The molecule has 0 radical (unpaired) electrons. The van der Waals surface area contributed by atoms with Gasteiger partial charge in [0.25, 0.3) is 0 Å². The van der Waals surface area contributed by atoms with E-state index in [4.69, 9.17) is 14.2 Å². The Morgan fingerprint density at radius 1 is 1.09 bits per heavy atom. The molecule has 176 valence electrons. The highest BCUT2D eigenvalue weighted by Crippen LogP contribution is 2.35. The summed E-state index contributed by atoms with van der Waals surface area (Å²) in [6.07, 6.45) is 2.08. The van der Waals surface area contributed by atoms with Crippen LogP contribution in [0.2, 0.25) is 0 Å². The number of amides is 2. The van der Waals surface area contributed by atoms with Gasteiger partial charge in [0.05, 0.1) is 24.8 Å². The van der Waals surface area contributed by atoms with E-state index in [1.807, 2.05) is 36.4 Å². The van der Waals surface area contributed by atoms with Gasteiger partial charge in [-0.15, -0.1) is 0 Å². The summed E-state index contributed by atoms with van der Waals surface area (Å²) < 4.78 is 17.0. The standard InChI is InChI=1S/C26H32N2O5/c1-5-6-12-20-23(25(29)33-17(2)3)24(28-26(30)27-20)19-13-14-21(22(15-19)31-4)32-16-18-10-8-7-9-11-18/h7-11,13-15,17,24H,5-6,12,16H2,1-4H3,(H2,27,28,30). The van der Waals surface area contributed by atoms with Crippen molar-refractivity contribution in [3.63, 3.8) is 0 Å². The second-order valence-corrected chi connectivity index (χ2v) is 8.17. The molecule has 3 rings (SSSR count). The normalized spacial score (nSPS) is 15.7. The molecule has 2 aromatic carbocycles. The largest absolute Gasteiger partial charge is 0.493 e. The van der Waals surface area contributed by atoms with Gasteiger partial charge in [-0.05, 0) is 49.9 Å². The second-order valence-electron chi connectivity index (χ2n) is 8.17. The summed E-state index contributed by atoms with van der Waals surface area (Å²) in [6.45, 7) is 6.06. The predicted octanol–water partition coefficient (Wildman–Crippen LogP) is 5.02. The maximum atomic E-state index is 13.0. The van der Waals surface area contributed by atoms with Crippen molar-refractivity contribution in [3.05, 3.63) is 70.9 Å². The Morgan fingerprint density at radius 2 is 1.85 bits per heavy atom. The number of carbonyl (C=O) groups excluding carboxylic acids is 2. The van der Waals surface area contributed by atoms with Crippen LogP contribution in [0.3, 0.4) is 0 Å². The molecule has 0 aromatic heterocycles. The van der Waals surface area contributed by atoms with Gasteiger partial charge in [-0.3, -0.25) is 0 Å². The van der Waals surface area contributed by atoms with Crippen molar-refractivity contribution in [3.8, 4) is 11.5 Å². The number of unbranched alkanes of at least 4 members (excludes halogenated alkanes) is 1. The molecule has 1 aliphatic rings. The first kappa shape index (κ1) is 24.2. The van der Waals surface area contributed by atoms with Crippen molar-refractivity contribution >= 4 is 12.0 Å². The number of rotatable bonds is 10. The molecular formula is C26H32N2O5. The third-order valence-corrected chi connectivity index (χ3v) is 5.25. The SMILES string of the molecule is CCCCC1=C(C(=O)OC(C)C)C(c2ccc(OCc3ccccc3)c(OC)c2)NC(=O)N1. The average molecular weight is 453 g/mol. The first-order valence-electron chi connectivity index (χ1n) is 11.3. The van der Waals surface area contributed by atoms with Gasteiger partial charge in [0.1, 0.15) is 6.61 Å². The summed E-state index contributed by atoms with van der Waals surface area (Å²) in [5.41, 5.74) is 2.76. The van der Waals surface area contributed by atoms with E-state index in [0.717, 1.165) is 18.4 Å². The van der Waals surface area contributed by atoms with E-state index < -0.39 is 12.0 Å². The molecule has 0 aliphatic carbocycles. The van der Waals surface area contributed by atoms with Gasteiger partial charge in [-0.25, -0.2) is 9.59 Å². The molecule has 1 atom stereocenters. The number of nitrogens with one attached hydrogen (secondary N) is 2. The molecule has 1 heterocycles. The predicted molar refractivity (Wildman–Crippen MR) is 126 cm³/mol. The van der Waals surface area contributed by atoms with Crippen molar-refractivity contribution < 1.29 is 23.8 Å². The van der Waals surface area contributed by atoms with Crippen molar-refractivity contribution in [2.24, 2.45) is 0 Å². The third kappa shape index (κ3) is 6.28. The minimum absolute atomic E-state index is 0.279. The third-order valence-electron chi connectivity index (χ3n) is 5.25. The van der Waals surface area contributed by atoms with Gasteiger partial charge in [-0.1, -0.05) is 49.7 Å². The molecule has 2 N–H and O–H groups in total. The Labute approximate surface area is 195 Å². The molecule has 0 saturated carbocycles. The second kappa shape index (κ2) is 11.4. The summed E-state index contributed by atoms with van der Waals surface area (Å²) in [5.74, 6) is 0.645. The highest BCUT2D eigenvalue weighted by Gasteiger charge is 2.34. The minimum Gasteiger partial charge on any atom is -0.493 e. The molecule has 33 heavy (non-hydrogen) atoms. The fraction of sp³-hybridized carbons (Fsp3) is 0.385. The zero-order valence-electron chi connectivity index (χ0n) is 19.6. The van der Waals surface area contributed by atoms with Crippen LogP contribution in [0.5, 0.6) is 11.5 Å².